The number of likely N-dealkylation sites (N-methyl/N-ethyl adjacent to an activating group) is 1. The Labute approximate surface area is 194 Å². The van der Waals surface area contributed by atoms with Gasteiger partial charge in [0.15, 0.2) is 0 Å². The lowest BCUT2D eigenvalue weighted by Gasteiger charge is -2.31. The summed E-state index contributed by atoms with van der Waals surface area (Å²) in [5.41, 5.74) is 7.39. The quantitative estimate of drug-likeness (QED) is 0.539. The number of esters is 1. The van der Waals surface area contributed by atoms with Gasteiger partial charge in [0.05, 0.1) is 28.2 Å². The van der Waals surface area contributed by atoms with Crippen LogP contribution in [0.5, 0.6) is 0 Å². The molecular weight excluding hydrogens is 424 g/mol. The minimum atomic E-state index is -1.07. The normalized spacial score (nSPS) is 13.7. The summed E-state index contributed by atoms with van der Waals surface area (Å²) in [5, 5.41) is 11.7. The van der Waals surface area contributed by atoms with Crippen LogP contribution in [-0.4, -0.2) is 41.4 Å². The van der Waals surface area contributed by atoms with Gasteiger partial charge in [0.2, 0.25) is 0 Å². The lowest BCUT2D eigenvalue weighted by Crippen LogP contribution is -2.30. The van der Waals surface area contributed by atoms with E-state index in [4.69, 9.17) is 16.3 Å². The average Bonchev–Trinajstić information content (AvgIpc) is 2.97. The molecule has 3 aromatic rings. The van der Waals surface area contributed by atoms with Crippen molar-refractivity contribution in [3.05, 3.63) is 51.7 Å². The number of hydrogen-bond donors (Lipinski definition) is 1. The van der Waals surface area contributed by atoms with Crippen LogP contribution in [0.25, 0.3) is 22.0 Å². The first-order valence-corrected chi connectivity index (χ1v) is 11.4. The average molecular weight is 455 g/mol. The van der Waals surface area contributed by atoms with Crippen LogP contribution >= 0.6 is 11.6 Å². The highest BCUT2D eigenvalue weighted by Crippen LogP contribution is 2.48. The van der Waals surface area contributed by atoms with Crippen LogP contribution in [0.2, 0.25) is 5.02 Å². The zero-order valence-corrected chi connectivity index (χ0v) is 20.4. The minimum Gasteiger partial charge on any atom is -0.462 e. The molecule has 0 amide bonds. The maximum atomic E-state index is 12.9. The number of carbonyl (C=O) groups is 1. The third-order valence-electron chi connectivity index (χ3n) is 6.32. The number of anilines is 1. The fraction of sp³-hybridized carbons (Fsp3) is 0.423. The largest absolute Gasteiger partial charge is 0.462 e. The van der Waals surface area contributed by atoms with Gasteiger partial charge in [-0.3, -0.25) is 4.79 Å². The first-order valence-electron chi connectivity index (χ1n) is 11.0. The number of aryl methyl sites for hydroxylation is 1. The van der Waals surface area contributed by atoms with Crippen molar-refractivity contribution in [3.8, 4) is 11.1 Å². The van der Waals surface area contributed by atoms with Crippen molar-refractivity contribution in [1.82, 2.24) is 4.57 Å². The number of halogens is 1. The van der Waals surface area contributed by atoms with Gasteiger partial charge in [-0.25, -0.2) is 0 Å². The highest BCUT2D eigenvalue weighted by molar-refractivity contribution is 6.38. The SMILES string of the molecule is Cc1ccc(-c2c(CC(=O)OCC(C)(C)O)c(C)c3c4c2c(Cl)c(C)n4CCN3C)cc1. The molecule has 2 heterocycles. The maximum absolute atomic E-state index is 12.9. The summed E-state index contributed by atoms with van der Waals surface area (Å²) in [6.45, 7) is 11.1. The lowest BCUT2D eigenvalue weighted by molar-refractivity contribution is -0.149. The number of rotatable bonds is 5. The molecule has 0 radical (unpaired) electrons. The zero-order valence-electron chi connectivity index (χ0n) is 19.7. The first kappa shape index (κ1) is 22.7. The molecule has 0 unspecified atom stereocenters. The minimum absolute atomic E-state index is 0.0456. The summed E-state index contributed by atoms with van der Waals surface area (Å²) in [6, 6.07) is 8.34. The van der Waals surface area contributed by atoms with Crippen LogP contribution in [0.15, 0.2) is 24.3 Å². The molecule has 4 rings (SSSR count). The van der Waals surface area contributed by atoms with Crippen molar-refractivity contribution in [2.45, 2.75) is 53.2 Å². The Morgan fingerprint density at radius 2 is 1.81 bits per heavy atom. The molecule has 1 aliphatic rings. The number of aliphatic hydroxyl groups is 1. The Morgan fingerprint density at radius 1 is 1.16 bits per heavy atom. The second kappa shape index (κ2) is 8.13. The molecule has 0 atom stereocenters. The number of ether oxygens (including phenoxy) is 1. The number of aromatic nitrogens is 1. The van der Waals surface area contributed by atoms with Crippen LogP contribution in [0.1, 0.15) is 36.2 Å². The Morgan fingerprint density at radius 3 is 2.44 bits per heavy atom. The summed E-state index contributed by atoms with van der Waals surface area (Å²) in [6.07, 6.45) is 0.114. The highest BCUT2D eigenvalue weighted by Gasteiger charge is 2.30. The van der Waals surface area contributed by atoms with Crippen LogP contribution in [0.4, 0.5) is 5.69 Å². The van der Waals surface area contributed by atoms with E-state index in [0.717, 1.165) is 62.7 Å². The van der Waals surface area contributed by atoms with Gasteiger partial charge in [-0.15, -0.1) is 0 Å². The third kappa shape index (κ3) is 3.89. The summed E-state index contributed by atoms with van der Waals surface area (Å²) in [5.74, 6) is -0.360. The van der Waals surface area contributed by atoms with Gasteiger partial charge in [0, 0.05) is 31.2 Å². The van der Waals surface area contributed by atoms with Crippen molar-refractivity contribution in [2.24, 2.45) is 0 Å². The van der Waals surface area contributed by atoms with Crippen molar-refractivity contribution in [1.29, 1.82) is 0 Å². The standard InChI is InChI=1S/C26H31ClN2O3/c1-15-7-9-18(10-8-15)21-19(13-20(30)32-14-26(4,5)31)16(2)24-25-22(21)23(27)17(3)29(25)12-11-28(24)6/h7-10,31H,11-14H2,1-6H3. The molecule has 1 aromatic heterocycles. The molecule has 2 aromatic carbocycles. The molecule has 1 aliphatic heterocycles. The molecule has 170 valence electrons. The number of hydrogen-bond acceptors (Lipinski definition) is 4. The predicted molar refractivity (Wildman–Crippen MR) is 131 cm³/mol. The molecule has 0 spiro atoms. The summed E-state index contributed by atoms with van der Waals surface area (Å²) in [7, 11) is 2.09. The number of nitrogens with zero attached hydrogens (tertiary/aromatic N) is 2. The Kier molecular flexibility index (Phi) is 5.76. The number of benzene rings is 2. The van der Waals surface area contributed by atoms with Gasteiger partial charge in [0.25, 0.3) is 0 Å². The van der Waals surface area contributed by atoms with Crippen molar-refractivity contribution >= 4 is 34.2 Å². The maximum Gasteiger partial charge on any atom is 0.310 e. The van der Waals surface area contributed by atoms with E-state index in [1.54, 1.807) is 13.8 Å². The summed E-state index contributed by atoms with van der Waals surface area (Å²) >= 11 is 6.95. The molecule has 0 fully saturated rings. The number of carbonyl (C=O) groups excluding carboxylic acids is 1. The van der Waals surface area contributed by atoms with E-state index >= 15 is 0 Å². The van der Waals surface area contributed by atoms with Crippen molar-refractivity contribution in [2.75, 3.05) is 25.1 Å². The first-order chi connectivity index (χ1) is 15.0. The summed E-state index contributed by atoms with van der Waals surface area (Å²) < 4.78 is 7.72. The van der Waals surface area contributed by atoms with Crippen LogP contribution in [0.3, 0.4) is 0 Å². The smallest absolute Gasteiger partial charge is 0.310 e. The van der Waals surface area contributed by atoms with Gasteiger partial charge in [0.1, 0.15) is 6.61 Å². The fourth-order valence-corrected chi connectivity index (χ4v) is 4.95. The van der Waals surface area contributed by atoms with Gasteiger partial charge in [-0.2, -0.15) is 0 Å². The molecule has 5 nitrogen and oxygen atoms in total. The monoisotopic (exact) mass is 454 g/mol. The molecule has 0 bridgehead atoms. The molecule has 1 N–H and O–H groups in total. The lowest BCUT2D eigenvalue weighted by atomic mass is 9.88. The molecule has 32 heavy (non-hydrogen) atoms. The van der Waals surface area contributed by atoms with E-state index in [9.17, 15) is 9.90 Å². The van der Waals surface area contributed by atoms with E-state index in [1.807, 2.05) is 0 Å². The predicted octanol–water partition coefficient (Wildman–Crippen LogP) is 5.19. The van der Waals surface area contributed by atoms with Crippen molar-refractivity contribution < 1.29 is 14.6 Å². The van der Waals surface area contributed by atoms with E-state index in [-0.39, 0.29) is 19.0 Å². The van der Waals surface area contributed by atoms with Crippen molar-refractivity contribution in [3.63, 3.8) is 0 Å². The fourth-order valence-electron chi connectivity index (χ4n) is 4.66. The van der Waals surface area contributed by atoms with E-state index in [1.165, 1.54) is 5.56 Å². The van der Waals surface area contributed by atoms with E-state index in [2.05, 4.69) is 61.6 Å². The summed E-state index contributed by atoms with van der Waals surface area (Å²) in [4.78, 5) is 15.1. The zero-order chi connectivity index (χ0) is 23.4. The third-order valence-corrected chi connectivity index (χ3v) is 6.78. The highest BCUT2D eigenvalue weighted by atomic mass is 35.5. The van der Waals surface area contributed by atoms with Gasteiger partial charge < -0.3 is 19.3 Å². The molecule has 0 saturated heterocycles. The molecule has 0 aliphatic carbocycles. The Hall–Kier alpha value is -2.50. The molecule has 6 heteroatoms. The Balaban J connectivity index is 1.98. The second-order valence-electron chi connectivity index (χ2n) is 9.54. The van der Waals surface area contributed by atoms with Crippen LogP contribution in [-0.2, 0) is 22.5 Å². The van der Waals surface area contributed by atoms with Gasteiger partial charge in [-0.05, 0) is 56.9 Å². The van der Waals surface area contributed by atoms with E-state index in [0.29, 0.717) is 0 Å². The Bertz CT molecular complexity index is 1200. The topological polar surface area (TPSA) is 54.7 Å². The molecule has 0 saturated carbocycles. The van der Waals surface area contributed by atoms with Crippen LogP contribution < -0.4 is 4.90 Å². The van der Waals surface area contributed by atoms with Crippen LogP contribution in [0, 0.1) is 20.8 Å². The second-order valence-corrected chi connectivity index (χ2v) is 9.92. The van der Waals surface area contributed by atoms with Gasteiger partial charge >= 0.3 is 5.97 Å². The van der Waals surface area contributed by atoms with Gasteiger partial charge in [-0.1, -0.05) is 41.4 Å². The molecular formula is C26H31ClN2O3. The van der Waals surface area contributed by atoms with E-state index < -0.39 is 5.60 Å².